The zero-order valence-electron chi connectivity index (χ0n) is 10.4. The fourth-order valence-electron chi connectivity index (χ4n) is 2.03. The van der Waals surface area contributed by atoms with Crippen LogP contribution in [0.4, 0.5) is 0 Å². The minimum Gasteiger partial charge on any atom is -0.488 e. The van der Waals surface area contributed by atoms with E-state index in [4.69, 9.17) is 15.6 Å². The van der Waals surface area contributed by atoms with E-state index >= 15 is 0 Å². The smallest absolute Gasteiger partial charge is 0.305 e. The highest BCUT2D eigenvalue weighted by Crippen LogP contribution is 2.22. The van der Waals surface area contributed by atoms with Gasteiger partial charge in [-0.3, -0.25) is 9.69 Å². The Labute approximate surface area is 106 Å². The van der Waals surface area contributed by atoms with E-state index < -0.39 is 12.0 Å². The Balaban J connectivity index is 1.98. The highest BCUT2D eigenvalue weighted by atomic mass is 16.5. The van der Waals surface area contributed by atoms with Gasteiger partial charge in [0.05, 0.1) is 6.42 Å². The van der Waals surface area contributed by atoms with E-state index in [-0.39, 0.29) is 12.5 Å². The molecule has 18 heavy (non-hydrogen) atoms. The van der Waals surface area contributed by atoms with Crippen molar-refractivity contribution in [3.05, 3.63) is 29.8 Å². The van der Waals surface area contributed by atoms with E-state index in [0.717, 1.165) is 24.4 Å². The number of nitrogens with two attached hydrogens (primary N) is 1. The molecular formula is C13H18N2O3. The summed E-state index contributed by atoms with van der Waals surface area (Å²) in [7, 11) is 2.04. The van der Waals surface area contributed by atoms with Gasteiger partial charge in [0.15, 0.2) is 0 Å². The number of nitrogens with zero attached hydrogens (tertiary/aromatic N) is 1. The van der Waals surface area contributed by atoms with Crippen LogP contribution in [-0.4, -0.2) is 42.2 Å². The van der Waals surface area contributed by atoms with Gasteiger partial charge in [0.2, 0.25) is 0 Å². The number of carbonyl (C=O) groups is 1. The van der Waals surface area contributed by atoms with Gasteiger partial charge in [0.25, 0.3) is 0 Å². The third-order valence-electron chi connectivity index (χ3n) is 3.01. The third kappa shape index (κ3) is 3.21. The summed E-state index contributed by atoms with van der Waals surface area (Å²) in [6, 6.07) is 6.87. The maximum atomic E-state index is 10.6. The number of aliphatic carboxylic acids is 1. The minimum absolute atomic E-state index is 0.0738. The van der Waals surface area contributed by atoms with Gasteiger partial charge in [-0.1, -0.05) is 12.1 Å². The molecule has 1 aromatic carbocycles. The zero-order valence-corrected chi connectivity index (χ0v) is 10.4. The Bertz CT molecular complexity index is 430. The van der Waals surface area contributed by atoms with E-state index in [1.54, 1.807) is 0 Å². The lowest BCUT2D eigenvalue weighted by Gasteiger charge is -2.36. The molecule has 98 valence electrons. The highest BCUT2D eigenvalue weighted by molar-refractivity contribution is 5.67. The molecule has 1 aromatic rings. The molecule has 5 nitrogen and oxygen atoms in total. The SMILES string of the molecule is CN1CC(Oc2cccc(C(N)CC(=O)O)c2)C1. The Kier molecular flexibility index (Phi) is 3.84. The van der Waals surface area contributed by atoms with Crippen molar-refractivity contribution < 1.29 is 14.6 Å². The lowest BCUT2D eigenvalue weighted by atomic mass is 10.0. The van der Waals surface area contributed by atoms with Gasteiger partial charge in [0, 0.05) is 19.1 Å². The molecule has 0 aromatic heterocycles. The molecule has 1 atom stereocenters. The molecule has 1 fully saturated rings. The summed E-state index contributed by atoms with van der Waals surface area (Å²) >= 11 is 0. The van der Waals surface area contributed by atoms with Gasteiger partial charge in [0.1, 0.15) is 11.9 Å². The van der Waals surface area contributed by atoms with Crippen molar-refractivity contribution in [2.45, 2.75) is 18.6 Å². The second-order valence-corrected chi connectivity index (χ2v) is 4.74. The summed E-state index contributed by atoms with van der Waals surface area (Å²) in [6.07, 6.45) is 0.149. The summed E-state index contributed by atoms with van der Waals surface area (Å²) < 4.78 is 5.77. The Morgan fingerprint density at radius 3 is 2.94 bits per heavy atom. The number of carboxylic acids is 1. The molecule has 0 amide bonds. The number of likely N-dealkylation sites (tertiary alicyclic amines) is 1. The number of benzene rings is 1. The molecule has 3 N–H and O–H groups in total. The van der Waals surface area contributed by atoms with Gasteiger partial charge in [-0.25, -0.2) is 0 Å². The lowest BCUT2D eigenvalue weighted by Crippen LogP contribution is -2.51. The van der Waals surface area contributed by atoms with Crippen LogP contribution in [0.1, 0.15) is 18.0 Å². The summed E-state index contributed by atoms with van der Waals surface area (Å²) in [6.45, 7) is 1.84. The zero-order chi connectivity index (χ0) is 13.1. The minimum atomic E-state index is -0.894. The summed E-state index contributed by atoms with van der Waals surface area (Å²) in [5.41, 5.74) is 6.61. The quantitative estimate of drug-likeness (QED) is 0.810. The molecule has 2 rings (SSSR count). The molecule has 0 bridgehead atoms. The molecule has 1 unspecified atom stereocenters. The van der Waals surface area contributed by atoms with Crippen LogP contribution >= 0.6 is 0 Å². The van der Waals surface area contributed by atoms with Crippen molar-refractivity contribution in [1.29, 1.82) is 0 Å². The topological polar surface area (TPSA) is 75.8 Å². The van der Waals surface area contributed by atoms with Crippen molar-refractivity contribution in [2.75, 3.05) is 20.1 Å². The first-order valence-corrected chi connectivity index (χ1v) is 5.97. The summed E-state index contributed by atoms with van der Waals surface area (Å²) in [5, 5.41) is 8.72. The van der Waals surface area contributed by atoms with Gasteiger partial charge >= 0.3 is 5.97 Å². The van der Waals surface area contributed by atoms with E-state index in [1.807, 2.05) is 31.3 Å². The van der Waals surface area contributed by atoms with Crippen LogP contribution in [0, 0.1) is 0 Å². The number of rotatable bonds is 5. The Morgan fingerprint density at radius 1 is 1.61 bits per heavy atom. The molecular weight excluding hydrogens is 232 g/mol. The number of likely N-dealkylation sites (N-methyl/N-ethyl adjacent to an activating group) is 1. The van der Waals surface area contributed by atoms with Crippen LogP contribution in [0.15, 0.2) is 24.3 Å². The van der Waals surface area contributed by atoms with E-state index in [2.05, 4.69) is 4.90 Å². The number of hydrogen-bond donors (Lipinski definition) is 2. The van der Waals surface area contributed by atoms with Crippen molar-refractivity contribution in [2.24, 2.45) is 5.73 Å². The number of carboxylic acid groups (broad SMARTS) is 1. The van der Waals surface area contributed by atoms with E-state index in [9.17, 15) is 4.79 Å². The average Bonchev–Trinajstić information content (AvgIpc) is 2.26. The standard InChI is InChI=1S/C13H18N2O3/c1-15-7-11(8-15)18-10-4-2-3-9(5-10)12(14)6-13(16)17/h2-5,11-12H,6-8,14H2,1H3,(H,16,17). The molecule has 1 saturated heterocycles. The van der Waals surface area contributed by atoms with Gasteiger partial charge in [-0.05, 0) is 24.7 Å². The molecule has 0 radical (unpaired) electrons. The Morgan fingerprint density at radius 2 is 2.33 bits per heavy atom. The molecule has 1 aliphatic heterocycles. The van der Waals surface area contributed by atoms with E-state index in [1.165, 1.54) is 0 Å². The summed E-state index contributed by atoms with van der Waals surface area (Å²) in [5.74, 6) is -0.138. The molecule has 0 saturated carbocycles. The fraction of sp³-hybridized carbons (Fsp3) is 0.462. The first-order chi connectivity index (χ1) is 8.54. The van der Waals surface area contributed by atoms with Crippen molar-refractivity contribution in [3.63, 3.8) is 0 Å². The first kappa shape index (κ1) is 12.9. The van der Waals surface area contributed by atoms with Crippen LogP contribution in [-0.2, 0) is 4.79 Å². The predicted octanol–water partition coefficient (Wildman–Crippen LogP) is 0.854. The molecule has 0 aliphatic carbocycles. The van der Waals surface area contributed by atoms with E-state index in [0.29, 0.717) is 0 Å². The molecule has 5 heteroatoms. The van der Waals surface area contributed by atoms with Crippen LogP contribution in [0.2, 0.25) is 0 Å². The van der Waals surface area contributed by atoms with Crippen molar-refractivity contribution in [1.82, 2.24) is 4.90 Å². The van der Waals surface area contributed by atoms with Crippen LogP contribution in [0.5, 0.6) is 5.75 Å². The first-order valence-electron chi connectivity index (χ1n) is 5.97. The number of hydrogen-bond acceptors (Lipinski definition) is 4. The fourth-order valence-corrected chi connectivity index (χ4v) is 2.03. The van der Waals surface area contributed by atoms with Gasteiger partial charge < -0.3 is 15.6 Å². The largest absolute Gasteiger partial charge is 0.488 e. The maximum absolute atomic E-state index is 10.6. The number of ether oxygens (including phenoxy) is 1. The molecule has 1 aliphatic rings. The summed E-state index contributed by atoms with van der Waals surface area (Å²) in [4.78, 5) is 12.8. The van der Waals surface area contributed by atoms with Crippen LogP contribution in [0.3, 0.4) is 0 Å². The lowest BCUT2D eigenvalue weighted by molar-refractivity contribution is -0.137. The predicted molar refractivity (Wildman–Crippen MR) is 67.5 cm³/mol. The van der Waals surface area contributed by atoms with Crippen LogP contribution in [0.25, 0.3) is 0 Å². The second-order valence-electron chi connectivity index (χ2n) is 4.74. The normalized spacial score (nSPS) is 18.1. The average molecular weight is 250 g/mol. The monoisotopic (exact) mass is 250 g/mol. The van der Waals surface area contributed by atoms with Gasteiger partial charge in [-0.15, -0.1) is 0 Å². The molecule has 0 spiro atoms. The Hall–Kier alpha value is -1.59. The van der Waals surface area contributed by atoms with Crippen molar-refractivity contribution in [3.8, 4) is 5.75 Å². The van der Waals surface area contributed by atoms with Crippen LogP contribution < -0.4 is 10.5 Å². The maximum Gasteiger partial charge on any atom is 0.305 e. The third-order valence-corrected chi connectivity index (χ3v) is 3.01. The molecule has 1 heterocycles. The second kappa shape index (κ2) is 5.37. The van der Waals surface area contributed by atoms with Crippen molar-refractivity contribution >= 4 is 5.97 Å². The van der Waals surface area contributed by atoms with Gasteiger partial charge in [-0.2, -0.15) is 0 Å². The highest BCUT2D eigenvalue weighted by Gasteiger charge is 2.24.